The van der Waals surface area contributed by atoms with Gasteiger partial charge in [-0.15, -0.1) is 23.1 Å². The number of H-pyrrole nitrogens is 1. The topological polar surface area (TPSA) is 78.1 Å². The minimum Gasteiger partial charge on any atom is -0.339 e. The van der Waals surface area contributed by atoms with E-state index in [4.69, 9.17) is 0 Å². The van der Waals surface area contributed by atoms with Crippen molar-refractivity contribution in [1.29, 1.82) is 0 Å². The van der Waals surface area contributed by atoms with E-state index in [2.05, 4.69) is 54.8 Å². The van der Waals surface area contributed by atoms with Crippen molar-refractivity contribution in [3.63, 3.8) is 0 Å². The first-order valence-corrected chi connectivity index (χ1v) is 13.9. The van der Waals surface area contributed by atoms with Crippen molar-refractivity contribution < 1.29 is 4.79 Å². The Hall–Kier alpha value is -1.38. The molecule has 0 aliphatic carbocycles. The summed E-state index contributed by atoms with van der Waals surface area (Å²) in [7, 11) is 0. The summed E-state index contributed by atoms with van der Waals surface area (Å²) in [6.45, 7) is 17.9. The summed E-state index contributed by atoms with van der Waals surface area (Å²) in [6.07, 6.45) is 3.97. The van der Waals surface area contributed by atoms with E-state index in [-0.39, 0.29) is 33.8 Å². The van der Waals surface area contributed by atoms with Crippen LogP contribution >= 0.6 is 23.1 Å². The molecule has 1 unspecified atom stereocenters. The smallest absolute Gasteiger partial charge is 0.259 e. The molecule has 0 bridgehead atoms. The molecule has 1 atom stereocenters. The number of nitrogens with one attached hydrogen (secondary N) is 2. The molecule has 1 amide bonds. The number of thioether (sulfide) groups is 1. The van der Waals surface area contributed by atoms with Crippen LogP contribution in [0.3, 0.4) is 0 Å². The first kappa shape index (κ1) is 26.2. The first-order valence-electron chi connectivity index (χ1n) is 12.0. The molecule has 2 aromatic heterocycles. The molecule has 0 spiro atoms. The Morgan fingerprint density at radius 1 is 1.24 bits per heavy atom. The van der Waals surface area contributed by atoms with E-state index in [1.54, 1.807) is 23.1 Å². The van der Waals surface area contributed by atoms with Gasteiger partial charge in [-0.3, -0.25) is 9.59 Å². The number of aromatic amines is 1. The van der Waals surface area contributed by atoms with Crippen LogP contribution in [0, 0.1) is 13.8 Å². The SMILES string of the molecule is CCCCN(C(=O)C(C)SCc1nc2sc(C)c(C)c2c(=O)[nH]1)C1CC(C)(C)NC(C)(C)C1. The molecule has 3 heterocycles. The van der Waals surface area contributed by atoms with Gasteiger partial charge in [-0.25, -0.2) is 4.98 Å². The second kappa shape index (κ2) is 10.1. The summed E-state index contributed by atoms with van der Waals surface area (Å²) >= 11 is 3.12. The van der Waals surface area contributed by atoms with E-state index >= 15 is 0 Å². The molecule has 0 saturated carbocycles. The van der Waals surface area contributed by atoms with Crippen molar-refractivity contribution in [3.05, 3.63) is 26.6 Å². The number of hydrogen-bond acceptors (Lipinski definition) is 6. The van der Waals surface area contributed by atoms with Gasteiger partial charge in [0, 0.05) is 28.5 Å². The van der Waals surface area contributed by atoms with Crippen molar-refractivity contribution in [2.45, 2.75) is 109 Å². The first-order chi connectivity index (χ1) is 15.3. The van der Waals surface area contributed by atoms with Gasteiger partial charge in [-0.05, 0) is 73.3 Å². The van der Waals surface area contributed by atoms with Gasteiger partial charge in [-0.1, -0.05) is 13.3 Å². The highest BCUT2D eigenvalue weighted by Gasteiger charge is 2.41. The van der Waals surface area contributed by atoms with Crippen molar-refractivity contribution in [1.82, 2.24) is 20.2 Å². The van der Waals surface area contributed by atoms with Gasteiger partial charge in [0.1, 0.15) is 10.7 Å². The van der Waals surface area contributed by atoms with Crippen LogP contribution in [0.25, 0.3) is 10.2 Å². The molecular formula is C25H40N4O2S2. The number of thiophene rings is 1. The van der Waals surface area contributed by atoms with E-state index in [0.717, 1.165) is 47.5 Å². The lowest BCUT2D eigenvalue weighted by atomic mass is 9.79. The number of fused-ring (bicyclic) bond motifs is 1. The minimum absolute atomic E-state index is 0.0106. The number of carbonyl (C=O) groups excluding carboxylic acids is 1. The Bertz CT molecular complexity index is 1040. The maximum Gasteiger partial charge on any atom is 0.259 e. The van der Waals surface area contributed by atoms with Gasteiger partial charge >= 0.3 is 0 Å². The van der Waals surface area contributed by atoms with Gasteiger partial charge < -0.3 is 15.2 Å². The Balaban J connectivity index is 1.74. The lowest BCUT2D eigenvalue weighted by molar-refractivity contribution is -0.134. The molecule has 0 aromatic carbocycles. The second-order valence-electron chi connectivity index (χ2n) is 10.8. The highest BCUT2D eigenvalue weighted by Crippen LogP contribution is 2.33. The largest absolute Gasteiger partial charge is 0.339 e. The van der Waals surface area contributed by atoms with Gasteiger partial charge in [0.05, 0.1) is 16.4 Å². The molecule has 33 heavy (non-hydrogen) atoms. The van der Waals surface area contributed by atoms with Gasteiger partial charge in [-0.2, -0.15) is 0 Å². The van der Waals surface area contributed by atoms with Gasteiger partial charge in [0.2, 0.25) is 5.91 Å². The Morgan fingerprint density at radius 3 is 2.48 bits per heavy atom. The Kier molecular flexibility index (Phi) is 8.01. The Labute approximate surface area is 206 Å². The third-order valence-corrected chi connectivity index (χ3v) is 8.79. The number of piperidine rings is 1. The molecule has 2 aromatic rings. The van der Waals surface area contributed by atoms with Crippen LogP contribution < -0.4 is 10.9 Å². The number of rotatable bonds is 8. The van der Waals surface area contributed by atoms with E-state index in [0.29, 0.717) is 17.0 Å². The van der Waals surface area contributed by atoms with Crippen LogP contribution in [0.5, 0.6) is 0 Å². The number of carbonyl (C=O) groups is 1. The number of nitrogens with zero attached hydrogens (tertiary/aromatic N) is 2. The fourth-order valence-electron chi connectivity index (χ4n) is 5.17. The third kappa shape index (κ3) is 6.20. The number of aryl methyl sites for hydroxylation is 2. The predicted octanol–water partition coefficient (Wildman–Crippen LogP) is 5.16. The number of amides is 1. The molecule has 1 aliphatic rings. The molecule has 1 fully saturated rings. The summed E-state index contributed by atoms with van der Waals surface area (Å²) in [4.78, 5) is 37.9. The molecule has 3 rings (SSSR count). The van der Waals surface area contributed by atoms with Crippen molar-refractivity contribution >= 4 is 39.2 Å². The number of hydrogen-bond donors (Lipinski definition) is 2. The normalized spacial score (nSPS) is 19.0. The highest BCUT2D eigenvalue weighted by atomic mass is 32.2. The quantitative estimate of drug-likeness (QED) is 0.532. The molecule has 6 nitrogen and oxygen atoms in total. The zero-order valence-corrected chi connectivity index (χ0v) is 23.1. The van der Waals surface area contributed by atoms with Crippen LogP contribution in [0.4, 0.5) is 0 Å². The molecule has 1 aliphatic heterocycles. The molecule has 0 radical (unpaired) electrons. The van der Waals surface area contributed by atoms with Gasteiger partial charge in [0.15, 0.2) is 0 Å². The van der Waals surface area contributed by atoms with E-state index < -0.39 is 0 Å². The van der Waals surface area contributed by atoms with E-state index in [9.17, 15) is 9.59 Å². The lowest BCUT2D eigenvalue weighted by Gasteiger charge is -2.50. The van der Waals surface area contributed by atoms with E-state index in [1.807, 2.05) is 20.8 Å². The zero-order chi connectivity index (χ0) is 24.6. The van der Waals surface area contributed by atoms with Crippen molar-refractivity contribution in [2.24, 2.45) is 0 Å². The third-order valence-electron chi connectivity index (χ3n) is 6.55. The summed E-state index contributed by atoms with van der Waals surface area (Å²) < 4.78 is 0. The maximum absolute atomic E-state index is 13.6. The van der Waals surface area contributed by atoms with E-state index in [1.165, 1.54) is 0 Å². The zero-order valence-electron chi connectivity index (χ0n) is 21.4. The fourth-order valence-corrected chi connectivity index (χ4v) is 7.04. The Morgan fingerprint density at radius 2 is 1.88 bits per heavy atom. The minimum atomic E-state index is -0.198. The summed E-state index contributed by atoms with van der Waals surface area (Å²) in [5.74, 6) is 1.35. The monoisotopic (exact) mass is 492 g/mol. The average Bonchev–Trinajstić information content (AvgIpc) is 2.98. The molecule has 2 N–H and O–H groups in total. The van der Waals surface area contributed by atoms with Crippen molar-refractivity contribution in [2.75, 3.05) is 6.54 Å². The lowest BCUT2D eigenvalue weighted by Crippen LogP contribution is -2.63. The predicted molar refractivity (Wildman–Crippen MR) is 141 cm³/mol. The standard InChI is InChI=1S/C25H40N4O2S2/c1-9-10-11-29(18-12-24(5,6)28-25(7,8)13-18)23(31)17(4)32-14-19-26-21(30)20-15(2)16(3)33-22(20)27-19/h17-18,28H,9-14H2,1-8H3,(H,26,27,30). The van der Waals surface area contributed by atoms with Crippen LogP contribution in [0.15, 0.2) is 4.79 Å². The molecular weight excluding hydrogens is 452 g/mol. The van der Waals surface area contributed by atoms with Crippen LogP contribution in [0.1, 0.15) is 83.5 Å². The average molecular weight is 493 g/mol. The molecule has 184 valence electrons. The molecule has 1 saturated heterocycles. The second-order valence-corrected chi connectivity index (χ2v) is 13.3. The highest BCUT2D eigenvalue weighted by molar-refractivity contribution is 7.99. The van der Waals surface area contributed by atoms with Gasteiger partial charge in [0.25, 0.3) is 5.56 Å². The summed E-state index contributed by atoms with van der Waals surface area (Å²) in [5.41, 5.74) is 0.901. The fraction of sp³-hybridized carbons (Fsp3) is 0.720. The summed E-state index contributed by atoms with van der Waals surface area (Å²) in [5, 5.41) is 4.22. The van der Waals surface area contributed by atoms with Crippen molar-refractivity contribution in [3.8, 4) is 0 Å². The molecule has 8 heteroatoms. The summed E-state index contributed by atoms with van der Waals surface area (Å²) in [6, 6.07) is 0.227. The van der Waals surface area contributed by atoms with Crippen LogP contribution in [0.2, 0.25) is 0 Å². The van der Waals surface area contributed by atoms with Crippen LogP contribution in [-0.2, 0) is 10.5 Å². The number of unbranched alkanes of at least 4 members (excludes halogenated alkanes) is 1. The number of aromatic nitrogens is 2. The maximum atomic E-state index is 13.6. The van der Waals surface area contributed by atoms with Crippen LogP contribution in [-0.4, -0.2) is 49.7 Å².